The number of piperazine rings is 1. The summed E-state index contributed by atoms with van der Waals surface area (Å²) in [4.78, 5) is 16.3. The van der Waals surface area contributed by atoms with Crippen LogP contribution in [0.1, 0.15) is 21.5 Å². The van der Waals surface area contributed by atoms with E-state index in [2.05, 4.69) is 21.5 Å². The van der Waals surface area contributed by atoms with Gasteiger partial charge in [-0.1, -0.05) is 42.1 Å². The lowest BCUT2D eigenvalue weighted by Crippen LogP contribution is -3.13. The van der Waals surface area contributed by atoms with E-state index in [1.165, 1.54) is 23.8 Å². The first kappa shape index (κ1) is 24.1. The van der Waals surface area contributed by atoms with Crippen molar-refractivity contribution in [3.8, 4) is 17.2 Å². The van der Waals surface area contributed by atoms with Gasteiger partial charge in [-0.2, -0.15) is 5.10 Å². The van der Waals surface area contributed by atoms with E-state index in [0.717, 1.165) is 44.2 Å². The van der Waals surface area contributed by atoms with Gasteiger partial charge in [-0.15, -0.1) is 0 Å². The van der Waals surface area contributed by atoms with Crippen molar-refractivity contribution in [3.63, 3.8) is 0 Å². The van der Waals surface area contributed by atoms with Gasteiger partial charge >= 0.3 is 0 Å². The number of hydrogen-bond acceptors (Lipinski definition) is 6. The van der Waals surface area contributed by atoms with Crippen LogP contribution >= 0.6 is 0 Å². The van der Waals surface area contributed by atoms with E-state index in [4.69, 9.17) is 9.47 Å². The Balaban J connectivity index is 1.28. The summed E-state index contributed by atoms with van der Waals surface area (Å²) in [6.07, 6.45) is 1.32. The molecule has 2 N–H and O–H groups in total. The molecule has 8 nitrogen and oxygen atoms in total. The molecule has 0 aliphatic carbocycles. The molecule has 182 valence electrons. The number of para-hydroxylation sites is 3. The number of rotatable bonds is 8. The summed E-state index contributed by atoms with van der Waals surface area (Å²) >= 11 is 0. The zero-order valence-electron chi connectivity index (χ0n) is 20.0. The molecule has 0 radical (unpaired) electrons. The number of hydrogen-bond donors (Lipinski definition) is 2. The largest absolute Gasteiger partial charge is 0.870 e. The highest BCUT2D eigenvalue weighted by atomic mass is 16.5. The van der Waals surface area contributed by atoms with Crippen LogP contribution in [0, 0.1) is 0 Å². The maximum Gasteiger partial charge on any atom is 0.271 e. The van der Waals surface area contributed by atoms with Gasteiger partial charge in [-0.05, 0) is 35.9 Å². The van der Waals surface area contributed by atoms with Gasteiger partial charge in [0.15, 0.2) is 0 Å². The topological polar surface area (TPSA) is 90.7 Å². The number of benzene rings is 3. The highest BCUT2D eigenvalue weighted by molar-refractivity contribution is 5.95. The van der Waals surface area contributed by atoms with Gasteiger partial charge in [-0.3, -0.25) is 4.79 Å². The third-order valence-electron chi connectivity index (χ3n) is 6.17. The number of nitrogens with zero attached hydrogens (tertiary/aromatic N) is 2. The van der Waals surface area contributed by atoms with E-state index in [9.17, 15) is 9.90 Å². The summed E-state index contributed by atoms with van der Waals surface area (Å²) in [5.41, 5.74) is 5.65. The van der Waals surface area contributed by atoms with Crippen LogP contribution in [0.3, 0.4) is 0 Å². The third kappa shape index (κ3) is 5.91. The van der Waals surface area contributed by atoms with Crippen molar-refractivity contribution >= 4 is 17.8 Å². The van der Waals surface area contributed by atoms with Crippen LogP contribution < -0.4 is 29.8 Å². The number of nitrogens with one attached hydrogen (secondary N) is 2. The zero-order valence-corrected chi connectivity index (χ0v) is 20.0. The highest BCUT2D eigenvalue weighted by Gasteiger charge is 2.22. The summed E-state index contributed by atoms with van der Waals surface area (Å²) < 4.78 is 10.5. The summed E-state index contributed by atoms with van der Waals surface area (Å²) in [7, 11) is 3.15. The second-order valence-corrected chi connectivity index (χ2v) is 8.36. The van der Waals surface area contributed by atoms with Crippen molar-refractivity contribution in [2.75, 3.05) is 45.3 Å². The molecule has 8 heteroatoms. The fraction of sp³-hybridized carbons (Fsp3) is 0.259. The van der Waals surface area contributed by atoms with Crippen LogP contribution in [0.2, 0.25) is 0 Å². The van der Waals surface area contributed by atoms with Gasteiger partial charge in [0.25, 0.3) is 5.91 Å². The van der Waals surface area contributed by atoms with Crippen molar-refractivity contribution < 1.29 is 24.3 Å². The lowest BCUT2D eigenvalue weighted by Gasteiger charge is -2.34. The van der Waals surface area contributed by atoms with Crippen molar-refractivity contribution in [1.82, 2.24) is 5.43 Å². The maximum absolute atomic E-state index is 12.4. The molecule has 1 saturated heterocycles. The first-order valence-corrected chi connectivity index (χ1v) is 11.6. The summed E-state index contributed by atoms with van der Waals surface area (Å²) in [5, 5.41) is 16.0. The number of carbonyl (C=O) groups excluding carboxylic acids is 1. The Morgan fingerprint density at radius 3 is 2.40 bits per heavy atom. The molecule has 0 aromatic heterocycles. The first-order valence-electron chi connectivity index (χ1n) is 11.6. The van der Waals surface area contributed by atoms with Crippen molar-refractivity contribution in [2.24, 2.45) is 5.10 Å². The minimum Gasteiger partial charge on any atom is -0.870 e. The minimum atomic E-state index is -0.332. The smallest absolute Gasteiger partial charge is 0.271 e. The predicted octanol–water partition coefficient (Wildman–Crippen LogP) is 1.45. The Labute approximate surface area is 205 Å². The number of carbonyl (C=O) groups is 1. The SMILES string of the molecule is COc1ccccc1N1CC[NH+](Cc2ccc(C(=O)NN=Cc3cccc(OC)c3[O-])cc2)CC1. The predicted molar refractivity (Wildman–Crippen MR) is 134 cm³/mol. The van der Waals surface area contributed by atoms with E-state index >= 15 is 0 Å². The van der Waals surface area contributed by atoms with Gasteiger partial charge in [0, 0.05) is 11.1 Å². The average Bonchev–Trinajstić information content (AvgIpc) is 2.90. The third-order valence-corrected chi connectivity index (χ3v) is 6.17. The number of amides is 1. The lowest BCUT2D eigenvalue weighted by molar-refractivity contribution is -0.914. The van der Waals surface area contributed by atoms with E-state index < -0.39 is 0 Å². The lowest BCUT2D eigenvalue weighted by atomic mass is 10.1. The van der Waals surface area contributed by atoms with E-state index in [1.54, 1.807) is 37.4 Å². The Morgan fingerprint density at radius 2 is 1.69 bits per heavy atom. The van der Waals surface area contributed by atoms with Gasteiger partial charge in [0.1, 0.15) is 18.0 Å². The number of methoxy groups -OCH3 is 2. The molecular weight excluding hydrogens is 444 g/mol. The van der Waals surface area contributed by atoms with Crippen LogP contribution in [0.15, 0.2) is 71.8 Å². The van der Waals surface area contributed by atoms with Crippen molar-refractivity contribution in [1.29, 1.82) is 0 Å². The Bertz CT molecular complexity index is 1170. The molecule has 3 aromatic rings. The number of quaternary nitrogens is 1. The summed E-state index contributed by atoms with van der Waals surface area (Å²) in [6, 6.07) is 20.6. The fourth-order valence-electron chi connectivity index (χ4n) is 4.21. The van der Waals surface area contributed by atoms with E-state index in [0.29, 0.717) is 11.1 Å². The van der Waals surface area contributed by atoms with Crippen LogP contribution in [0.4, 0.5) is 5.69 Å². The Hall–Kier alpha value is -4.04. The molecule has 0 unspecified atom stereocenters. The Morgan fingerprint density at radius 1 is 1.00 bits per heavy atom. The maximum atomic E-state index is 12.4. The highest BCUT2D eigenvalue weighted by Crippen LogP contribution is 2.27. The molecule has 4 rings (SSSR count). The molecule has 0 atom stereocenters. The normalized spacial score (nSPS) is 14.2. The summed E-state index contributed by atoms with van der Waals surface area (Å²) in [6.45, 7) is 4.89. The molecule has 35 heavy (non-hydrogen) atoms. The van der Waals surface area contributed by atoms with Crippen LogP contribution in [-0.4, -0.2) is 52.5 Å². The first-order chi connectivity index (χ1) is 17.1. The van der Waals surface area contributed by atoms with Gasteiger partial charge in [-0.25, -0.2) is 5.43 Å². The standard InChI is InChI=1S/C27H30N4O4/c1-34-24-8-4-3-7-23(24)31-16-14-30(15-17-31)19-20-10-12-21(13-11-20)27(33)29-28-18-22-6-5-9-25(35-2)26(22)32/h3-13,18,32H,14-17,19H2,1-2H3,(H,29,33). The molecule has 1 aliphatic heterocycles. The quantitative estimate of drug-likeness (QED) is 0.381. The minimum absolute atomic E-state index is 0.235. The Kier molecular flexibility index (Phi) is 7.84. The summed E-state index contributed by atoms with van der Waals surface area (Å²) in [5.74, 6) is 0.537. The molecule has 0 bridgehead atoms. The van der Waals surface area contributed by atoms with Crippen molar-refractivity contribution in [3.05, 3.63) is 83.4 Å². The number of ether oxygens (including phenoxy) is 2. The molecule has 0 spiro atoms. The fourth-order valence-corrected chi connectivity index (χ4v) is 4.21. The molecular formula is C27H30N4O4. The average molecular weight is 475 g/mol. The number of anilines is 1. The van der Waals surface area contributed by atoms with E-state index in [-0.39, 0.29) is 17.4 Å². The molecule has 0 saturated carbocycles. The molecule has 3 aromatic carbocycles. The van der Waals surface area contributed by atoms with Crippen LogP contribution in [0.25, 0.3) is 0 Å². The molecule has 1 aliphatic rings. The monoisotopic (exact) mass is 474 g/mol. The van der Waals surface area contributed by atoms with Gasteiger partial charge in [0.05, 0.1) is 52.3 Å². The number of hydrazone groups is 1. The van der Waals surface area contributed by atoms with E-state index in [1.807, 2.05) is 30.3 Å². The van der Waals surface area contributed by atoms with Gasteiger partial charge in [0.2, 0.25) is 0 Å². The molecule has 1 amide bonds. The second-order valence-electron chi connectivity index (χ2n) is 8.36. The zero-order chi connectivity index (χ0) is 24.6. The van der Waals surface area contributed by atoms with Gasteiger partial charge < -0.3 is 24.4 Å². The van der Waals surface area contributed by atoms with Crippen molar-refractivity contribution in [2.45, 2.75) is 6.54 Å². The van der Waals surface area contributed by atoms with Crippen LogP contribution in [-0.2, 0) is 6.54 Å². The molecule has 1 fully saturated rings. The molecule has 1 heterocycles. The second kappa shape index (κ2) is 11.4. The van der Waals surface area contributed by atoms with Crippen LogP contribution in [0.5, 0.6) is 17.2 Å².